The van der Waals surface area contributed by atoms with Gasteiger partial charge in [0.15, 0.2) is 0 Å². The highest BCUT2D eigenvalue weighted by Crippen LogP contribution is 2.36. The summed E-state index contributed by atoms with van der Waals surface area (Å²) in [5.41, 5.74) is -0.133. The van der Waals surface area contributed by atoms with Gasteiger partial charge >= 0.3 is 6.18 Å². The molecule has 1 aliphatic rings. The molecule has 0 unspecified atom stereocenters. The molecule has 1 N–H and O–H groups in total. The lowest BCUT2D eigenvalue weighted by Gasteiger charge is -2.18. The molecule has 5 nitrogen and oxygen atoms in total. The van der Waals surface area contributed by atoms with Gasteiger partial charge in [0.1, 0.15) is 12.0 Å². The summed E-state index contributed by atoms with van der Waals surface area (Å²) in [6, 6.07) is 10.8. The first-order chi connectivity index (χ1) is 13.6. The second-order valence-corrected chi connectivity index (χ2v) is 7.09. The van der Waals surface area contributed by atoms with Gasteiger partial charge in [-0.25, -0.2) is 0 Å². The van der Waals surface area contributed by atoms with Crippen LogP contribution in [0.5, 0.6) is 0 Å². The normalized spacial score (nSPS) is 19.2. The van der Waals surface area contributed by atoms with Gasteiger partial charge in [0.2, 0.25) is 11.8 Å². The first-order valence-electron chi connectivity index (χ1n) is 8.55. The number of benzene rings is 2. The quantitative estimate of drug-likeness (QED) is 0.760. The molecular weight excluding hydrogens is 407 g/mol. The van der Waals surface area contributed by atoms with Gasteiger partial charge in [-0.05, 0) is 29.8 Å². The summed E-state index contributed by atoms with van der Waals surface area (Å²) in [6.07, 6.45) is -4.47. The number of alkyl halides is 3. The fraction of sp³-hybridized carbons (Fsp3) is 0.250. The van der Waals surface area contributed by atoms with Gasteiger partial charge < -0.3 is 10.2 Å². The van der Waals surface area contributed by atoms with Crippen molar-refractivity contribution in [2.45, 2.75) is 12.1 Å². The summed E-state index contributed by atoms with van der Waals surface area (Å²) in [5.74, 6) is -2.86. The zero-order valence-electron chi connectivity index (χ0n) is 15.1. The third-order valence-corrected chi connectivity index (χ3v) is 5.16. The highest BCUT2D eigenvalue weighted by Gasteiger charge is 2.44. The standard InChI is InChI=1S/C20H15ClF3N3O2/c1-27-10-14(11-5-7-12(8-6-11)20(22,23)24)17(19(27)29)18(28)26-16-4-2-3-15(21)13(16)9-25/h2-8,14,17H,10H2,1H3,(H,26,28)/t14-,17+/m0/s1. The van der Waals surface area contributed by atoms with Crippen molar-refractivity contribution >= 4 is 29.1 Å². The molecule has 0 radical (unpaired) electrons. The number of likely N-dealkylation sites (N-methyl/N-ethyl adjacent to an activating group) is 1. The van der Waals surface area contributed by atoms with E-state index in [4.69, 9.17) is 11.6 Å². The van der Waals surface area contributed by atoms with Crippen LogP contribution in [0.4, 0.5) is 18.9 Å². The minimum Gasteiger partial charge on any atom is -0.344 e. The summed E-state index contributed by atoms with van der Waals surface area (Å²) in [6.45, 7) is 0.183. The van der Waals surface area contributed by atoms with E-state index in [9.17, 15) is 28.0 Å². The van der Waals surface area contributed by atoms with E-state index >= 15 is 0 Å². The molecule has 150 valence electrons. The molecule has 0 saturated carbocycles. The highest BCUT2D eigenvalue weighted by molar-refractivity contribution is 6.32. The van der Waals surface area contributed by atoms with E-state index in [0.29, 0.717) is 5.56 Å². The van der Waals surface area contributed by atoms with Crippen LogP contribution in [-0.4, -0.2) is 30.3 Å². The number of anilines is 1. The molecule has 2 amide bonds. The predicted molar refractivity (Wildman–Crippen MR) is 100 cm³/mol. The van der Waals surface area contributed by atoms with E-state index in [-0.39, 0.29) is 22.8 Å². The van der Waals surface area contributed by atoms with Crippen LogP contribution in [0, 0.1) is 17.2 Å². The van der Waals surface area contributed by atoms with Gasteiger partial charge in [-0.1, -0.05) is 29.8 Å². The molecule has 1 saturated heterocycles. The van der Waals surface area contributed by atoms with E-state index < -0.39 is 35.4 Å². The van der Waals surface area contributed by atoms with Crippen LogP contribution in [0.2, 0.25) is 5.02 Å². The molecule has 2 aromatic carbocycles. The Labute approximate surface area is 169 Å². The Bertz CT molecular complexity index is 1000. The van der Waals surface area contributed by atoms with Crippen molar-refractivity contribution in [1.29, 1.82) is 5.26 Å². The van der Waals surface area contributed by atoms with E-state index in [1.165, 1.54) is 36.2 Å². The van der Waals surface area contributed by atoms with Gasteiger partial charge in [-0.2, -0.15) is 18.4 Å². The number of amides is 2. The molecule has 2 aromatic rings. The van der Waals surface area contributed by atoms with E-state index in [0.717, 1.165) is 12.1 Å². The number of carbonyl (C=O) groups is 2. The van der Waals surface area contributed by atoms with Gasteiger partial charge in [-0.15, -0.1) is 0 Å². The summed E-state index contributed by atoms with van der Waals surface area (Å²) >= 11 is 5.96. The van der Waals surface area contributed by atoms with Crippen LogP contribution < -0.4 is 5.32 Å². The second kappa shape index (κ2) is 7.76. The van der Waals surface area contributed by atoms with E-state index in [1.807, 2.05) is 6.07 Å². The fourth-order valence-electron chi connectivity index (χ4n) is 3.36. The Morgan fingerprint density at radius 2 is 1.90 bits per heavy atom. The maximum Gasteiger partial charge on any atom is 0.416 e. The molecular formula is C20H15ClF3N3O2. The summed E-state index contributed by atoms with van der Waals surface area (Å²) < 4.78 is 38.4. The Balaban J connectivity index is 1.90. The minimum absolute atomic E-state index is 0.0624. The molecule has 1 aliphatic heterocycles. The molecule has 0 aromatic heterocycles. The number of nitriles is 1. The van der Waals surface area contributed by atoms with Crippen molar-refractivity contribution in [2.24, 2.45) is 5.92 Å². The number of carbonyl (C=O) groups excluding carboxylic acids is 2. The lowest BCUT2D eigenvalue weighted by molar-refractivity contribution is -0.138. The van der Waals surface area contributed by atoms with Crippen LogP contribution in [0.15, 0.2) is 42.5 Å². The second-order valence-electron chi connectivity index (χ2n) is 6.69. The van der Waals surface area contributed by atoms with Gasteiger partial charge in [-0.3, -0.25) is 9.59 Å². The van der Waals surface area contributed by atoms with Crippen molar-refractivity contribution in [3.05, 3.63) is 64.2 Å². The van der Waals surface area contributed by atoms with Crippen LogP contribution in [-0.2, 0) is 15.8 Å². The number of rotatable bonds is 3. The zero-order valence-corrected chi connectivity index (χ0v) is 15.9. The number of likely N-dealkylation sites (tertiary alicyclic amines) is 1. The topological polar surface area (TPSA) is 73.2 Å². The van der Waals surface area contributed by atoms with Crippen molar-refractivity contribution in [3.63, 3.8) is 0 Å². The monoisotopic (exact) mass is 421 g/mol. The van der Waals surface area contributed by atoms with Crippen molar-refractivity contribution < 1.29 is 22.8 Å². The fourth-order valence-corrected chi connectivity index (χ4v) is 3.58. The van der Waals surface area contributed by atoms with E-state index in [2.05, 4.69) is 5.32 Å². The number of halogens is 4. The lowest BCUT2D eigenvalue weighted by atomic mass is 9.87. The first kappa shape index (κ1) is 20.7. The van der Waals surface area contributed by atoms with Crippen LogP contribution in [0.3, 0.4) is 0 Å². The molecule has 9 heteroatoms. The highest BCUT2D eigenvalue weighted by atomic mass is 35.5. The lowest BCUT2D eigenvalue weighted by Crippen LogP contribution is -2.33. The Hall–Kier alpha value is -3.05. The number of nitrogens with zero attached hydrogens (tertiary/aromatic N) is 2. The Morgan fingerprint density at radius 3 is 2.48 bits per heavy atom. The molecule has 3 rings (SSSR count). The third kappa shape index (κ3) is 4.05. The summed E-state index contributed by atoms with van der Waals surface area (Å²) in [4.78, 5) is 26.8. The average Bonchev–Trinajstić information content (AvgIpc) is 2.96. The largest absolute Gasteiger partial charge is 0.416 e. The maximum atomic E-state index is 12.9. The van der Waals surface area contributed by atoms with Gasteiger partial charge in [0.25, 0.3) is 0 Å². The number of hydrogen-bond donors (Lipinski definition) is 1. The van der Waals surface area contributed by atoms with Crippen molar-refractivity contribution in [1.82, 2.24) is 4.90 Å². The SMILES string of the molecule is CN1C[C@@H](c2ccc(C(F)(F)F)cc2)[C@H](C(=O)Nc2cccc(Cl)c2C#N)C1=O. The van der Waals surface area contributed by atoms with Crippen LogP contribution in [0.1, 0.15) is 22.6 Å². The average molecular weight is 422 g/mol. The molecule has 0 bridgehead atoms. The smallest absolute Gasteiger partial charge is 0.344 e. The van der Waals surface area contributed by atoms with Gasteiger partial charge in [0.05, 0.1) is 21.8 Å². The molecule has 1 fully saturated rings. The Morgan fingerprint density at radius 1 is 1.24 bits per heavy atom. The maximum absolute atomic E-state index is 12.9. The molecule has 2 atom stereocenters. The van der Waals surface area contributed by atoms with Gasteiger partial charge in [0, 0.05) is 19.5 Å². The number of nitrogens with one attached hydrogen (secondary N) is 1. The third-order valence-electron chi connectivity index (χ3n) is 4.85. The van der Waals surface area contributed by atoms with Crippen LogP contribution >= 0.6 is 11.6 Å². The minimum atomic E-state index is -4.47. The van der Waals surface area contributed by atoms with E-state index in [1.54, 1.807) is 6.07 Å². The summed E-state index contributed by atoms with van der Waals surface area (Å²) in [7, 11) is 1.52. The first-order valence-corrected chi connectivity index (χ1v) is 8.93. The number of hydrogen-bond acceptors (Lipinski definition) is 3. The van der Waals surface area contributed by atoms with Crippen molar-refractivity contribution in [2.75, 3.05) is 18.9 Å². The summed E-state index contributed by atoms with van der Waals surface area (Å²) in [5, 5.41) is 11.9. The zero-order chi connectivity index (χ0) is 21.3. The predicted octanol–water partition coefficient (Wildman–Crippen LogP) is 4.04. The van der Waals surface area contributed by atoms with Crippen molar-refractivity contribution in [3.8, 4) is 6.07 Å². The molecule has 0 spiro atoms. The molecule has 1 heterocycles. The molecule has 0 aliphatic carbocycles. The van der Waals surface area contributed by atoms with Crippen LogP contribution in [0.25, 0.3) is 0 Å². The Kier molecular flexibility index (Phi) is 5.53. The molecule has 29 heavy (non-hydrogen) atoms.